The molecule has 108 valence electrons. The zero-order chi connectivity index (χ0) is 14.7. The summed E-state index contributed by atoms with van der Waals surface area (Å²) in [5.41, 5.74) is 0. The molecule has 7 heteroatoms. The molecule has 1 saturated heterocycles. The zero-order valence-corrected chi connectivity index (χ0v) is 13.2. The number of piperazine rings is 1. The van der Waals surface area contributed by atoms with E-state index in [4.69, 9.17) is 16.3 Å². The number of hydrogen-bond acceptors (Lipinski definition) is 3. The Bertz CT molecular complexity index is 538. The number of benzene rings is 1. The van der Waals surface area contributed by atoms with Gasteiger partial charge < -0.3 is 15.0 Å². The molecule has 1 aromatic carbocycles. The van der Waals surface area contributed by atoms with Gasteiger partial charge in [0.25, 0.3) is 5.91 Å². The number of rotatable bonds is 3. The standard InChI is InChI=1S/C13H14BrClN2O3/c1-8-13(19)16-4-5-17(8)12(18)7-20-11-3-2-9(14)6-10(11)15/h2-3,6,8H,4-5,7H2,1H3,(H,16,19). The number of carbonyl (C=O) groups is 2. The molecule has 0 radical (unpaired) electrons. The molecule has 1 N–H and O–H groups in total. The minimum atomic E-state index is -0.472. The summed E-state index contributed by atoms with van der Waals surface area (Å²) in [6, 6.07) is 4.69. The third kappa shape index (κ3) is 3.43. The van der Waals surface area contributed by atoms with Crippen molar-refractivity contribution in [1.82, 2.24) is 10.2 Å². The minimum Gasteiger partial charge on any atom is -0.482 e. The average Bonchev–Trinajstić information content (AvgIpc) is 2.40. The van der Waals surface area contributed by atoms with Crippen molar-refractivity contribution in [1.29, 1.82) is 0 Å². The number of nitrogens with zero attached hydrogens (tertiary/aromatic N) is 1. The van der Waals surface area contributed by atoms with Crippen molar-refractivity contribution in [3.63, 3.8) is 0 Å². The summed E-state index contributed by atoms with van der Waals surface area (Å²) in [5.74, 6) is 0.0648. The summed E-state index contributed by atoms with van der Waals surface area (Å²) in [7, 11) is 0. The molecular formula is C13H14BrClN2O3. The second-order valence-electron chi connectivity index (χ2n) is 4.42. The lowest BCUT2D eigenvalue weighted by Crippen LogP contribution is -2.56. The third-order valence-corrected chi connectivity index (χ3v) is 3.85. The van der Waals surface area contributed by atoms with Crippen LogP contribution < -0.4 is 10.1 Å². The lowest BCUT2D eigenvalue weighted by Gasteiger charge is -2.32. The van der Waals surface area contributed by atoms with Crippen molar-refractivity contribution >= 4 is 39.3 Å². The second kappa shape index (κ2) is 6.45. The van der Waals surface area contributed by atoms with Crippen molar-refractivity contribution in [2.75, 3.05) is 19.7 Å². The van der Waals surface area contributed by atoms with E-state index in [0.29, 0.717) is 23.9 Å². The highest BCUT2D eigenvalue weighted by atomic mass is 79.9. The van der Waals surface area contributed by atoms with Crippen LogP contribution in [0.3, 0.4) is 0 Å². The molecule has 5 nitrogen and oxygen atoms in total. The van der Waals surface area contributed by atoms with Gasteiger partial charge in [0.1, 0.15) is 11.8 Å². The normalized spacial score (nSPS) is 18.6. The Hall–Kier alpha value is -1.27. The van der Waals surface area contributed by atoms with Crippen LogP contribution in [0, 0.1) is 0 Å². The van der Waals surface area contributed by atoms with Crippen LogP contribution in [0.4, 0.5) is 0 Å². The van der Waals surface area contributed by atoms with Crippen molar-refractivity contribution in [3.05, 3.63) is 27.7 Å². The first-order valence-corrected chi connectivity index (χ1v) is 7.31. The van der Waals surface area contributed by atoms with Crippen LogP contribution in [0.5, 0.6) is 5.75 Å². The maximum absolute atomic E-state index is 12.1. The number of halogens is 2. The van der Waals surface area contributed by atoms with Gasteiger partial charge in [-0.1, -0.05) is 27.5 Å². The molecule has 1 unspecified atom stereocenters. The van der Waals surface area contributed by atoms with Gasteiger partial charge in [-0.25, -0.2) is 0 Å². The first kappa shape index (κ1) is 15.1. The summed E-state index contributed by atoms with van der Waals surface area (Å²) in [5, 5.41) is 3.13. The molecular weight excluding hydrogens is 348 g/mol. The fourth-order valence-corrected chi connectivity index (χ4v) is 2.67. The molecule has 0 aromatic heterocycles. The van der Waals surface area contributed by atoms with Crippen LogP contribution in [-0.2, 0) is 9.59 Å². The van der Waals surface area contributed by atoms with E-state index in [1.807, 2.05) is 0 Å². The molecule has 2 rings (SSSR count). The van der Waals surface area contributed by atoms with Crippen LogP contribution in [0.25, 0.3) is 0 Å². The Labute approximate surface area is 130 Å². The molecule has 1 heterocycles. The number of hydrogen-bond donors (Lipinski definition) is 1. The Morgan fingerprint density at radius 2 is 2.35 bits per heavy atom. The topological polar surface area (TPSA) is 58.6 Å². The van der Waals surface area contributed by atoms with E-state index in [2.05, 4.69) is 21.2 Å². The maximum atomic E-state index is 12.1. The minimum absolute atomic E-state index is 0.140. The molecule has 1 aliphatic heterocycles. The van der Waals surface area contributed by atoms with E-state index in [1.54, 1.807) is 25.1 Å². The van der Waals surface area contributed by atoms with E-state index < -0.39 is 6.04 Å². The highest BCUT2D eigenvalue weighted by Crippen LogP contribution is 2.27. The van der Waals surface area contributed by atoms with Crippen LogP contribution in [0.2, 0.25) is 5.02 Å². The monoisotopic (exact) mass is 360 g/mol. The zero-order valence-electron chi connectivity index (χ0n) is 10.9. The first-order valence-electron chi connectivity index (χ1n) is 6.14. The second-order valence-corrected chi connectivity index (χ2v) is 5.74. The average molecular weight is 362 g/mol. The Kier molecular flexibility index (Phi) is 4.88. The molecule has 1 atom stereocenters. The molecule has 2 amide bonds. The molecule has 1 fully saturated rings. The van der Waals surface area contributed by atoms with Gasteiger partial charge in [-0.15, -0.1) is 0 Å². The highest BCUT2D eigenvalue weighted by Gasteiger charge is 2.29. The Balaban J connectivity index is 1.96. The van der Waals surface area contributed by atoms with Crippen molar-refractivity contribution < 1.29 is 14.3 Å². The van der Waals surface area contributed by atoms with Gasteiger partial charge in [-0.3, -0.25) is 9.59 Å². The largest absolute Gasteiger partial charge is 0.482 e. The lowest BCUT2D eigenvalue weighted by atomic mass is 10.2. The molecule has 0 spiro atoms. The van der Waals surface area contributed by atoms with Crippen LogP contribution >= 0.6 is 27.5 Å². The predicted molar refractivity (Wildman–Crippen MR) is 78.8 cm³/mol. The number of amides is 2. The molecule has 0 bridgehead atoms. The predicted octanol–water partition coefficient (Wildman–Crippen LogP) is 1.83. The lowest BCUT2D eigenvalue weighted by molar-refractivity contribution is -0.143. The van der Waals surface area contributed by atoms with E-state index in [9.17, 15) is 9.59 Å². The fourth-order valence-electron chi connectivity index (χ4n) is 1.94. The molecule has 1 aromatic rings. The van der Waals surface area contributed by atoms with Gasteiger partial charge in [0.05, 0.1) is 5.02 Å². The van der Waals surface area contributed by atoms with Gasteiger partial charge >= 0.3 is 0 Å². The summed E-state index contributed by atoms with van der Waals surface area (Å²) >= 11 is 9.30. The molecule has 0 aliphatic carbocycles. The van der Waals surface area contributed by atoms with E-state index in [-0.39, 0.29) is 18.4 Å². The summed E-state index contributed by atoms with van der Waals surface area (Å²) in [4.78, 5) is 25.1. The molecule has 0 saturated carbocycles. The van der Waals surface area contributed by atoms with Crippen LogP contribution in [0.1, 0.15) is 6.92 Å². The maximum Gasteiger partial charge on any atom is 0.261 e. The first-order chi connectivity index (χ1) is 9.49. The van der Waals surface area contributed by atoms with E-state index in [1.165, 1.54) is 4.90 Å². The van der Waals surface area contributed by atoms with Crippen LogP contribution in [-0.4, -0.2) is 42.5 Å². The molecule has 20 heavy (non-hydrogen) atoms. The van der Waals surface area contributed by atoms with E-state index >= 15 is 0 Å². The van der Waals surface area contributed by atoms with Crippen LogP contribution in [0.15, 0.2) is 22.7 Å². The highest BCUT2D eigenvalue weighted by molar-refractivity contribution is 9.10. The SMILES string of the molecule is CC1C(=O)NCCN1C(=O)COc1ccc(Br)cc1Cl. The number of nitrogens with one attached hydrogen (secondary N) is 1. The molecule has 1 aliphatic rings. The quantitative estimate of drug-likeness (QED) is 0.893. The smallest absolute Gasteiger partial charge is 0.261 e. The summed E-state index contributed by atoms with van der Waals surface area (Å²) < 4.78 is 6.25. The van der Waals surface area contributed by atoms with Gasteiger partial charge in [-0.05, 0) is 25.1 Å². The van der Waals surface area contributed by atoms with Gasteiger partial charge in [-0.2, -0.15) is 0 Å². The summed E-state index contributed by atoms with van der Waals surface area (Å²) in [6.45, 7) is 2.51. The van der Waals surface area contributed by atoms with Gasteiger partial charge in [0, 0.05) is 17.6 Å². The van der Waals surface area contributed by atoms with Crippen molar-refractivity contribution in [2.45, 2.75) is 13.0 Å². The summed E-state index contributed by atoms with van der Waals surface area (Å²) in [6.07, 6.45) is 0. The van der Waals surface area contributed by atoms with Crippen molar-refractivity contribution in [3.8, 4) is 5.75 Å². The number of carbonyl (C=O) groups excluding carboxylic acids is 2. The van der Waals surface area contributed by atoms with E-state index in [0.717, 1.165) is 4.47 Å². The Morgan fingerprint density at radius 3 is 3.05 bits per heavy atom. The third-order valence-electron chi connectivity index (χ3n) is 3.06. The van der Waals surface area contributed by atoms with Gasteiger partial charge in [0.15, 0.2) is 6.61 Å². The van der Waals surface area contributed by atoms with Gasteiger partial charge in [0.2, 0.25) is 5.91 Å². The van der Waals surface area contributed by atoms with Crippen molar-refractivity contribution in [2.24, 2.45) is 0 Å². The number of ether oxygens (including phenoxy) is 1. The Morgan fingerprint density at radius 1 is 1.60 bits per heavy atom. The fraction of sp³-hybridized carbons (Fsp3) is 0.385.